The summed E-state index contributed by atoms with van der Waals surface area (Å²) in [6.07, 6.45) is 0. The number of aromatic nitrogens is 3. The van der Waals surface area contributed by atoms with Crippen LogP contribution in [0.3, 0.4) is 0 Å². The first-order valence-electron chi connectivity index (χ1n) is 6.31. The second kappa shape index (κ2) is 6.77. The summed E-state index contributed by atoms with van der Waals surface area (Å²) >= 11 is 3.38. The molecule has 0 saturated carbocycles. The number of halogens is 1. The van der Waals surface area contributed by atoms with Gasteiger partial charge in [0.2, 0.25) is 0 Å². The fraction of sp³-hybridized carbons (Fsp3) is 0.385. The lowest BCUT2D eigenvalue weighted by Gasteiger charge is -2.10. The molecule has 0 bridgehead atoms. The predicted molar refractivity (Wildman–Crippen MR) is 81.4 cm³/mol. The van der Waals surface area contributed by atoms with E-state index >= 15 is 0 Å². The third-order valence-corrected chi connectivity index (χ3v) is 3.63. The molecule has 112 valence electrons. The Morgan fingerprint density at radius 2 is 2.19 bits per heavy atom. The number of nitro benzene ring substituents is 1. The van der Waals surface area contributed by atoms with E-state index in [-0.39, 0.29) is 5.69 Å². The van der Waals surface area contributed by atoms with Crippen LogP contribution >= 0.6 is 15.9 Å². The molecule has 0 unspecified atom stereocenters. The maximum atomic E-state index is 10.8. The topological polar surface area (TPSA) is 83.1 Å². The first-order chi connectivity index (χ1) is 10.1. The molecule has 0 atom stereocenters. The highest BCUT2D eigenvalue weighted by Crippen LogP contribution is 2.26. The maximum absolute atomic E-state index is 10.8. The van der Waals surface area contributed by atoms with Crippen LogP contribution in [-0.4, -0.2) is 33.4 Å². The van der Waals surface area contributed by atoms with Gasteiger partial charge in [0.25, 0.3) is 5.69 Å². The van der Waals surface area contributed by atoms with Crippen LogP contribution in [0.2, 0.25) is 0 Å². The fourth-order valence-corrected chi connectivity index (χ4v) is 2.48. The van der Waals surface area contributed by atoms with Gasteiger partial charge in [0, 0.05) is 31.4 Å². The van der Waals surface area contributed by atoms with E-state index < -0.39 is 4.92 Å². The Morgan fingerprint density at radius 3 is 2.76 bits per heavy atom. The number of nitro groups is 1. The number of hydrogen-bond acceptors (Lipinski definition) is 5. The number of rotatable bonds is 6. The van der Waals surface area contributed by atoms with Crippen LogP contribution in [0.25, 0.3) is 11.4 Å². The highest BCUT2D eigenvalue weighted by atomic mass is 79.9. The second-order valence-corrected chi connectivity index (χ2v) is 5.03. The molecular formula is C13H15BrN4O3. The molecule has 0 aliphatic rings. The molecule has 0 radical (unpaired) electrons. The van der Waals surface area contributed by atoms with Gasteiger partial charge in [-0.1, -0.05) is 15.9 Å². The van der Waals surface area contributed by atoms with Crippen LogP contribution in [0.4, 0.5) is 5.69 Å². The molecule has 0 N–H and O–H groups in total. The fourth-order valence-electron chi connectivity index (χ4n) is 2.06. The standard InChI is InChI=1S/C13H15BrN4O3/c1-9-7-10(18(19)20)3-4-11(9)13-16-15-12(8-14)17(13)5-6-21-2/h3-4,7H,5-6,8H2,1-2H3. The summed E-state index contributed by atoms with van der Waals surface area (Å²) in [6, 6.07) is 4.72. The van der Waals surface area contributed by atoms with Crippen molar-refractivity contribution in [3.8, 4) is 11.4 Å². The highest BCUT2D eigenvalue weighted by Gasteiger charge is 2.16. The Kier molecular flexibility index (Phi) is 5.03. The van der Waals surface area contributed by atoms with Crippen molar-refractivity contribution in [2.75, 3.05) is 13.7 Å². The van der Waals surface area contributed by atoms with E-state index in [4.69, 9.17) is 4.74 Å². The van der Waals surface area contributed by atoms with E-state index in [1.54, 1.807) is 19.2 Å². The van der Waals surface area contributed by atoms with Gasteiger partial charge in [-0.3, -0.25) is 10.1 Å². The predicted octanol–water partition coefficient (Wildman–Crippen LogP) is 2.70. The lowest BCUT2D eigenvalue weighted by molar-refractivity contribution is -0.384. The second-order valence-electron chi connectivity index (χ2n) is 4.47. The van der Waals surface area contributed by atoms with Crippen molar-refractivity contribution in [2.24, 2.45) is 0 Å². The maximum Gasteiger partial charge on any atom is 0.269 e. The van der Waals surface area contributed by atoms with Crippen LogP contribution in [0.1, 0.15) is 11.4 Å². The number of non-ortho nitro benzene ring substituents is 1. The number of ether oxygens (including phenoxy) is 1. The van der Waals surface area contributed by atoms with Gasteiger partial charge in [-0.05, 0) is 18.6 Å². The van der Waals surface area contributed by atoms with Gasteiger partial charge in [0.05, 0.1) is 16.9 Å². The molecule has 2 rings (SSSR count). The minimum absolute atomic E-state index is 0.0694. The van der Waals surface area contributed by atoms with Gasteiger partial charge in [-0.15, -0.1) is 10.2 Å². The van der Waals surface area contributed by atoms with Gasteiger partial charge < -0.3 is 9.30 Å². The van der Waals surface area contributed by atoms with Crippen LogP contribution in [-0.2, 0) is 16.6 Å². The molecule has 21 heavy (non-hydrogen) atoms. The Morgan fingerprint density at radius 1 is 1.43 bits per heavy atom. The zero-order valence-corrected chi connectivity index (χ0v) is 13.3. The minimum Gasteiger partial charge on any atom is -0.383 e. The van der Waals surface area contributed by atoms with Crippen molar-refractivity contribution < 1.29 is 9.66 Å². The van der Waals surface area contributed by atoms with Crippen molar-refractivity contribution in [2.45, 2.75) is 18.8 Å². The van der Waals surface area contributed by atoms with E-state index in [0.29, 0.717) is 24.3 Å². The highest BCUT2D eigenvalue weighted by molar-refractivity contribution is 9.08. The molecule has 8 heteroatoms. The van der Waals surface area contributed by atoms with E-state index in [2.05, 4.69) is 26.1 Å². The minimum atomic E-state index is -0.406. The summed E-state index contributed by atoms with van der Waals surface area (Å²) in [5.74, 6) is 1.48. The van der Waals surface area contributed by atoms with Crippen molar-refractivity contribution in [3.05, 3.63) is 39.7 Å². The van der Waals surface area contributed by atoms with Crippen LogP contribution in [0, 0.1) is 17.0 Å². The zero-order chi connectivity index (χ0) is 15.4. The number of benzene rings is 1. The first kappa shape index (κ1) is 15.6. The van der Waals surface area contributed by atoms with E-state index in [9.17, 15) is 10.1 Å². The van der Waals surface area contributed by atoms with E-state index in [0.717, 1.165) is 17.0 Å². The summed E-state index contributed by atoms with van der Waals surface area (Å²) in [7, 11) is 1.63. The Hall–Kier alpha value is -1.80. The average Bonchev–Trinajstić information content (AvgIpc) is 2.87. The number of aryl methyl sites for hydroxylation is 1. The molecule has 2 aromatic rings. The lowest BCUT2D eigenvalue weighted by Crippen LogP contribution is -2.09. The Bertz CT molecular complexity index is 657. The molecule has 1 aromatic carbocycles. The Labute approximate surface area is 130 Å². The number of alkyl halides is 1. The molecule has 7 nitrogen and oxygen atoms in total. The first-order valence-corrected chi connectivity index (χ1v) is 7.43. The largest absolute Gasteiger partial charge is 0.383 e. The third kappa shape index (κ3) is 3.27. The van der Waals surface area contributed by atoms with Crippen LogP contribution < -0.4 is 0 Å². The number of hydrogen-bond donors (Lipinski definition) is 0. The van der Waals surface area contributed by atoms with Crippen molar-refractivity contribution in [1.82, 2.24) is 14.8 Å². The molecule has 0 spiro atoms. The van der Waals surface area contributed by atoms with E-state index in [1.165, 1.54) is 6.07 Å². The molecule has 0 saturated heterocycles. The van der Waals surface area contributed by atoms with Gasteiger partial charge >= 0.3 is 0 Å². The quantitative estimate of drug-likeness (QED) is 0.452. The van der Waals surface area contributed by atoms with Gasteiger partial charge in [-0.25, -0.2) is 0 Å². The molecule has 0 aliphatic carbocycles. The monoisotopic (exact) mass is 354 g/mol. The SMILES string of the molecule is COCCn1c(CBr)nnc1-c1ccc([N+](=O)[O-])cc1C. The number of methoxy groups -OCH3 is 1. The number of nitrogens with zero attached hydrogens (tertiary/aromatic N) is 4. The summed E-state index contributed by atoms with van der Waals surface area (Å²) in [4.78, 5) is 10.4. The lowest BCUT2D eigenvalue weighted by atomic mass is 10.1. The molecule has 1 aromatic heterocycles. The van der Waals surface area contributed by atoms with Gasteiger partial charge in [-0.2, -0.15) is 0 Å². The third-order valence-electron chi connectivity index (χ3n) is 3.13. The van der Waals surface area contributed by atoms with Crippen LogP contribution in [0.15, 0.2) is 18.2 Å². The average molecular weight is 355 g/mol. The smallest absolute Gasteiger partial charge is 0.269 e. The summed E-state index contributed by atoms with van der Waals surface area (Å²) in [5, 5.41) is 19.7. The zero-order valence-electron chi connectivity index (χ0n) is 11.7. The molecule has 0 fully saturated rings. The summed E-state index contributed by atoms with van der Waals surface area (Å²) < 4.78 is 7.06. The summed E-state index contributed by atoms with van der Waals surface area (Å²) in [6.45, 7) is 2.98. The van der Waals surface area contributed by atoms with E-state index in [1.807, 2.05) is 11.5 Å². The molecular weight excluding hydrogens is 340 g/mol. The molecule has 0 amide bonds. The Balaban J connectivity index is 2.46. The van der Waals surface area contributed by atoms with Gasteiger partial charge in [0.1, 0.15) is 5.82 Å². The van der Waals surface area contributed by atoms with Crippen molar-refractivity contribution >= 4 is 21.6 Å². The normalized spacial score (nSPS) is 10.8. The summed E-state index contributed by atoms with van der Waals surface area (Å²) in [5.41, 5.74) is 1.69. The van der Waals surface area contributed by atoms with Crippen molar-refractivity contribution in [1.29, 1.82) is 0 Å². The van der Waals surface area contributed by atoms with Gasteiger partial charge in [0.15, 0.2) is 5.82 Å². The van der Waals surface area contributed by atoms with Crippen LogP contribution in [0.5, 0.6) is 0 Å². The molecule has 0 aliphatic heterocycles. The van der Waals surface area contributed by atoms with Crippen molar-refractivity contribution in [3.63, 3.8) is 0 Å². The molecule has 1 heterocycles.